The molecule has 1 fully saturated rings. The van der Waals surface area contributed by atoms with Crippen LogP contribution in [0, 0.1) is 11.3 Å². The highest BCUT2D eigenvalue weighted by atomic mass is 16.6. The minimum absolute atomic E-state index is 0.0619. The lowest BCUT2D eigenvalue weighted by Crippen LogP contribution is -2.27. The summed E-state index contributed by atoms with van der Waals surface area (Å²) in [5, 5.41) is 0. The first-order valence-corrected chi connectivity index (χ1v) is 5.90. The highest BCUT2D eigenvalue weighted by Gasteiger charge is 2.32. The fraction of sp³-hybridized carbons (Fsp3) is 0.923. The Hall–Kier alpha value is -0.530. The van der Waals surface area contributed by atoms with E-state index in [-0.39, 0.29) is 17.0 Å². The summed E-state index contributed by atoms with van der Waals surface area (Å²) in [4.78, 5) is 11.7. The van der Waals surface area contributed by atoms with Gasteiger partial charge in [0, 0.05) is 0 Å². The maximum atomic E-state index is 11.7. The van der Waals surface area contributed by atoms with Crippen LogP contribution in [0.1, 0.15) is 60.3 Å². The van der Waals surface area contributed by atoms with Crippen LogP contribution in [0.2, 0.25) is 0 Å². The molecular formula is C13H24O2. The van der Waals surface area contributed by atoms with Gasteiger partial charge in [0.25, 0.3) is 0 Å². The molecule has 0 heterocycles. The second-order valence-electron chi connectivity index (χ2n) is 6.57. The summed E-state index contributed by atoms with van der Waals surface area (Å²) in [6.45, 7) is 10.1. The molecule has 0 bridgehead atoms. The van der Waals surface area contributed by atoms with Crippen molar-refractivity contribution < 1.29 is 9.53 Å². The summed E-state index contributed by atoms with van der Waals surface area (Å²) in [5.41, 5.74) is -0.254. The minimum atomic E-state index is -0.354. The fourth-order valence-electron chi connectivity index (χ4n) is 1.94. The molecule has 0 aromatic carbocycles. The zero-order valence-electron chi connectivity index (χ0n) is 10.7. The molecule has 0 aromatic rings. The van der Waals surface area contributed by atoms with E-state index in [0.717, 1.165) is 12.3 Å². The Morgan fingerprint density at radius 2 is 1.73 bits per heavy atom. The van der Waals surface area contributed by atoms with Crippen LogP contribution in [0.15, 0.2) is 0 Å². The van der Waals surface area contributed by atoms with Gasteiger partial charge in [0.1, 0.15) is 5.60 Å². The molecule has 0 radical (unpaired) electrons. The van der Waals surface area contributed by atoms with Gasteiger partial charge >= 0.3 is 5.97 Å². The zero-order valence-corrected chi connectivity index (χ0v) is 10.7. The summed E-state index contributed by atoms with van der Waals surface area (Å²) in [6, 6.07) is 0. The average molecular weight is 212 g/mol. The lowest BCUT2D eigenvalue weighted by molar-refractivity contribution is -0.157. The Morgan fingerprint density at radius 1 is 1.20 bits per heavy atom. The molecule has 0 amide bonds. The topological polar surface area (TPSA) is 26.3 Å². The fourth-order valence-corrected chi connectivity index (χ4v) is 1.94. The number of rotatable bonds is 4. The third-order valence-corrected chi connectivity index (χ3v) is 2.58. The molecule has 1 aliphatic rings. The smallest absolute Gasteiger partial charge is 0.306 e. The van der Waals surface area contributed by atoms with Gasteiger partial charge in [0.2, 0.25) is 0 Å². The Labute approximate surface area is 93.4 Å². The SMILES string of the molecule is CC(C)(CC(=O)OC(C)(C)C)CC1CC1. The molecule has 1 saturated carbocycles. The van der Waals surface area contributed by atoms with Gasteiger partial charge in [-0.2, -0.15) is 0 Å². The molecule has 0 atom stereocenters. The van der Waals surface area contributed by atoms with Gasteiger partial charge in [-0.25, -0.2) is 0 Å². The molecule has 0 aromatic heterocycles. The van der Waals surface area contributed by atoms with Crippen molar-refractivity contribution in [1.82, 2.24) is 0 Å². The van der Waals surface area contributed by atoms with Crippen molar-refractivity contribution in [3.63, 3.8) is 0 Å². The van der Waals surface area contributed by atoms with Gasteiger partial charge in [0.05, 0.1) is 6.42 Å². The molecule has 15 heavy (non-hydrogen) atoms. The van der Waals surface area contributed by atoms with E-state index in [0.29, 0.717) is 6.42 Å². The van der Waals surface area contributed by atoms with Crippen LogP contribution in [0.5, 0.6) is 0 Å². The van der Waals surface area contributed by atoms with Gasteiger partial charge in [-0.15, -0.1) is 0 Å². The van der Waals surface area contributed by atoms with Crippen LogP contribution in [0.25, 0.3) is 0 Å². The molecule has 88 valence electrons. The van der Waals surface area contributed by atoms with Crippen LogP contribution >= 0.6 is 0 Å². The molecule has 0 unspecified atom stereocenters. The van der Waals surface area contributed by atoms with Crippen molar-refractivity contribution in [1.29, 1.82) is 0 Å². The van der Waals surface area contributed by atoms with Crippen molar-refractivity contribution in [2.45, 2.75) is 65.9 Å². The predicted molar refractivity (Wildman–Crippen MR) is 61.6 cm³/mol. The van der Waals surface area contributed by atoms with Crippen molar-refractivity contribution in [3.8, 4) is 0 Å². The first-order valence-electron chi connectivity index (χ1n) is 5.90. The van der Waals surface area contributed by atoms with E-state index >= 15 is 0 Å². The van der Waals surface area contributed by atoms with Gasteiger partial charge in [0.15, 0.2) is 0 Å². The van der Waals surface area contributed by atoms with E-state index in [1.54, 1.807) is 0 Å². The van der Waals surface area contributed by atoms with E-state index in [1.807, 2.05) is 20.8 Å². The molecular weight excluding hydrogens is 188 g/mol. The van der Waals surface area contributed by atoms with Crippen LogP contribution in [0.4, 0.5) is 0 Å². The lowest BCUT2D eigenvalue weighted by atomic mass is 9.83. The standard InChI is InChI=1S/C13H24O2/c1-12(2,3)15-11(14)9-13(4,5)8-10-6-7-10/h10H,6-9H2,1-5H3. The van der Waals surface area contributed by atoms with E-state index in [9.17, 15) is 4.79 Å². The number of esters is 1. The van der Waals surface area contributed by atoms with Gasteiger partial charge in [-0.1, -0.05) is 26.7 Å². The van der Waals surface area contributed by atoms with E-state index < -0.39 is 0 Å². The molecule has 1 rings (SSSR count). The van der Waals surface area contributed by atoms with Crippen LogP contribution < -0.4 is 0 Å². The summed E-state index contributed by atoms with van der Waals surface area (Å²) in [6.07, 6.45) is 4.39. The number of hydrogen-bond donors (Lipinski definition) is 0. The molecule has 0 N–H and O–H groups in total. The largest absolute Gasteiger partial charge is 0.460 e. The highest BCUT2D eigenvalue weighted by molar-refractivity contribution is 5.70. The molecule has 1 aliphatic carbocycles. The Bertz CT molecular complexity index is 231. The van der Waals surface area contributed by atoms with Gasteiger partial charge in [-0.3, -0.25) is 4.79 Å². The van der Waals surface area contributed by atoms with Crippen LogP contribution in [-0.4, -0.2) is 11.6 Å². The average Bonchev–Trinajstić information content (AvgIpc) is 2.62. The van der Waals surface area contributed by atoms with Gasteiger partial charge in [-0.05, 0) is 38.5 Å². The number of carbonyl (C=O) groups is 1. The monoisotopic (exact) mass is 212 g/mol. The number of hydrogen-bond acceptors (Lipinski definition) is 2. The van der Waals surface area contributed by atoms with E-state index in [4.69, 9.17) is 4.74 Å². The molecule has 0 saturated heterocycles. The normalized spacial score (nSPS) is 17.7. The molecule has 0 aliphatic heterocycles. The minimum Gasteiger partial charge on any atom is -0.460 e. The van der Waals surface area contributed by atoms with Crippen molar-refractivity contribution in [2.75, 3.05) is 0 Å². The quantitative estimate of drug-likeness (QED) is 0.666. The zero-order chi connectivity index (χ0) is 11.7. The predicted octanol–water partition coefficient (Wildman–Crippen LogP) is 3.54. The second kappa shape index (κ2) is 4.15. The molecule has 2 nitrogen and oxygen atoms in total. The first-order chi connectivity index (χ1) is 6.68. The Kier molecular flexibility index (Phi) is 3.47. The summed E-state index contributed by atoms with van der Waals surface area (Å²) in [7, 11) is 0. The number of ether oxygens (including phenoxy) is 1. The van der Waals surface area contributed by atoms with Crippen molar-refractivity contribution in [3.05, 3.63) is 0 Å². The maximum absolute atomic E-state index is 11.7. The first kappa shape index (κ1) is 12.5. The highest BCUT2D eigenvalue weighted by Crippen LogP contribution is 2.41. The van der Waals surface area contributed by atoms with Crippen molar-refractivity contribution in [2.24, 2.45) is 11.3 Å². The van der Waals surface area contributed by atoms with Crippen LogP contribution in [0.3, 0.4) is 0 Å². The third-order valence-electron chi connectivity index (χ3n) is 2.58. The third kappa shape index (κ3) is 5.81. The van der Waals surface area contributed by atoms with E-state index in [1.165, 1.54) is 12.8 Å². The Balaban J connectivity index is 2.34. The lowest BCUT2D eigenvalue weighted by Gasteiger charge is -2.26. The van der Waals surface area contributed by atoms with Gasteiger partial charge < -0.3 is 4.74 Å². The number of carbonyl (C=O) groups excluding carboxylic acids is 1. The summed E-state index contributed by atoms with van der Waals surface area (Å²) in [5.74, 6) is 0.801. The van der Waals surface area contributed by atoms with E-state index in [2.05, 4.69) is 13.8 Å². The molecule has 0 spiro atoms. The summed E-state index contributed by atoms with van der Waals surface area (Å²) >= 11 is 0. The van der Waals surface area contributed by atoms with Crippen molar-refractivity contribution >= 4 is 5.97 Å². The maximum Gasteiger partial charge on any atom is 0.306 e. The molecule has 2 heteroatoms. The van der Waals surface area contributed by atoms with Crippen LogP contribution in [-0.2, 0) is 9.53 Å². The Morgan fingerprint density at radius 3 is 2.13 bits per heavy atom. The second-order valence-corrected chi connectivity index (χ2v) is 6.57. The summed E-state index contributed by atoms with van der Waals surface area (Å²) < 4.78 is 5.34.